The number of phosphoric ester groups is 1. The SMILES string of the molecule is COc1ccc(C2=CC3(OP(=O)(O)O)ONC(=O)CC2=CC3(CCCC2CCCCC2)C2CCc3ccccc3SN2)cc1. The monoisotopic (exact) mass is 640 g/mol. The van der Waals surface area contributed by atoms with E-state index in [-0.39, 0.29) is 12.5 Å². The van der Waals surface area contributed by atoms with E-state index in [1.54, 1.807) is 13.2 Å². The van der Waals surface area contributed by atoms with E-state index in [0.717, 1.165) is 35.3 Å². The van der Waals surface area contributed by atoms with Crippen LogP contribution >= 0.6 is 19.8 Å². The molecular weight excluding hydrogens is 599 g/mol. The average Bonchev–Trinajstić information content (AvgIpc) is 3.24. The van der Waals surface area contributed by atoms with E-state index in [0.29, 0.717) is 30.1 Å². The topological polar surface area (TPSA) is 126 Å². The van der Waals surface area contributed by atoms with Crippen LogP contribution < -0.4 is 14.9 Å². The quantitative estimate of drug-likeness (QED) is 0.177. The van der Waals surface area contributed by atoms with Crippen LogP contribution in [-0.4, -0.2) is 34.6 Å². The predicted octanol–water partition coefficient (Wildman–Crippen LogP) is 6.62. The molecule has 1 fully saturated rings. The molecule has 4 N–H and O–H groups in total. The van der Waals surface area contributed by atoms with E-state index in [9.17, 15) is 19.1 Å². The highest BCUT2D eigenvalue weighted by Gasteiger charge is 2.62. The van der Waals surface area contributed by atoms with Gasteiger partial charge in [0.05, 0.1) is 18.9 Å². The Balaban J connectivity index is 1.48. The third-order valence-electron chi connectivity index (χ3n) is 9.62. The van der Waals surface area contributed by atoms with Gasteiger partial charge in [0.15, 0.2) is 0 Å². The van der Waals surface area contributed by atoms with Crippen molar-refractivity contribution in [1.29, 1.82) is 0 Å². The highest BCUT2D eigenvalue weighted by Crippen LogP contribution is 2.59. The third kappa shape index (κ3) is 6.58. The van der Waals surface area contributed by atoms with Crippen molar-refractivity contribution >= 4 is 31.3 Å². The van der Waals surface area contributed by atoms with Crippen LogP contribution in [0.25, 0.3) is 5.57 Å². The molecule has 1 saturated carbocycles. The van der Waals surface area contributed by atoms with Crippen LogP contribution in [0.5, 0.6) is 5.75 Å². The zero-order chi connectivity index (χ0) is 30.8. The van der Waals surface area contributed by atoms with E-state index >= 15 is 0 Å². The summed E-state index contributed by atoms with van der Waals surface area (Å²) < 4.78 is 27.6. The Labute approximate surface area is 263 Å². The Morgan fingerprint density at radius 1 is 1.05 bits per heavy atom. The summed E-state index contributed by atoms with van der Waals surface area (Å²) in [4.78, 5) is 41.1. The van der Waals surface area contributed by atoms with Gasteiger partial charge < -0.3 is 14.5 Å². The maximum absolute atomic E-state index is 13.0. The van der Waals surface area contributed by atoms with E-state index in [1.807, 2.05) is 42.5 Å². The summed E-state index contributed by atoms with van der Waals surface area (Å²) in [6.07, 6.45) is 13.8. The van der Waals surface area contributed by atoms with Gasteiger partial charge in [-0.15, -0.1) is 0 Å². The van der Waals surface area contributed by atoms with Gasteiger partial charge in [-0.3, -0.25) is 9.52 Å². The molecule has 44 heavy (non-hydrogen) atoms. The molecule has 2 aromatic rings. The first-order valence-corrected chi connectivity index (χ1v) is 17.9. The summed E-state index contributed by atoms with van der Waals surface area (Å²) >= 11 is 1.52. The van der Waals surface area contributed by atoms with E-state index in [2.05, 4.69) is 22.3 Å². The molecule has 1 amide bonds. The lowest BCUT2D eigenvalue weighted by Gasteiger charge is -2.53. The molecule has 9 nitrogen and oxygen atoms in total. The van der Waals surface area contributed by atoms with Crippen LogP contribution in [0, 0.1) is 11.3 Å². The zero-order valence-electron chi connectivity index (χ0n) is 25.0. The molecule has 0 radical (unpaired) electrons. The average molecular weight is 641 g/mol. The van der Waals surface area contributed by atoms with Crippen molar-refractivity contribution in [2.75, 3.05) is 7.11 Å². The maximum atomic E-state index is 13.0. The Morgan fingerprint density at radius 3 is 2.57 bits per heavy atom. The first kappa shape index (κ1) is 31.5. The fraction of sp³-hybridized carbons (Fsp3) is 0.485. The van der Waals surface area contributed by atoms with Crippen molar-refractivity contribution < 1.29 is 33.2 Å². The van der Waals surface area contributed by atoms with Gasteiger partial charge in [-0.25, -0.2) is 19.4 Å². The van der Waals surface area contributed by atoms with Gasteiger partial charge in [-0.1, -0.05) is 81.4 Å². The van der Waals surface area contributed by atoms with Crippen molar-refractivity contribution in [3.05, 3.63) is 77.4 Å². The second-order valence-corrected chi connectivity index (χ2v) is 14.4. The Morgan fingerprint density at radius 2 is 1.82 bits per heavy atom. The molecule has 3 atom stereocenters. The minimum Gasteiger partial charge on any atom is -0.497 e. The number of carbonyl (C=O) groups excluding carboxylic acids is 1. The number of rotatable bonds is 9. The van der Waals surface area contributed by atoms with Crippen LogP contribution in [0.15, 0.2) is 71.2 Å². The van der Waals surface area contributed by atoms with Crippen LogP contribution in [0.1, 0.15) is 75.3 Å². The number of methoxy groups -OCH3 is 1. The summed E-state index contributed by atoms with van der Waals surface area (Å²) in [5.74, 6) is -1.11. The van der Waals surface area contributed by atoms with Gasteiger partial charge >= 0.3 is 7.82 Å². The second kappa shape index (κ2) is 13.1. The molecule has 2 aliphatic carbocycles. The van der Waals surface area contributed by atoms with Crippen LogP contribution in [0.2, 0.25) is 0 Å². The standard InChI is InChI=1S/C33H41N2O7PS/c1-40-27-16-13-24(14-17-27)28-22-33(42-43(37,38)39)32(21-26(28)20-31(36)34-41-33,19-7-10-23-8-3-2-4-9-23)30-18-15-25-11-5-6-12-29(25)44-35-30/h5-6,11-14,16-17,21-23,30,35H,2-4,7-10,15,18-20H2,1H3,(H,34,36)(H2,37,38,39). The lowest BCUT2D eigenvalue weighted by molar-refractivity contribution is -0.256. The van der Waals surface area contributed by atoms with Crippen molar-refractivity contribution in [1.82, 2.24) is 10.2 Å². The van der Waals surface area contributed by atoms with E-state index in [4.69, 9.17) is 14.1 Å². The number of amides is 1. The Kier molecular flexibility index (Phi) is 9.41. The number of allylic oxidation sites excluding steroid dienone is 1. The Hall–Kier alpha value is -2.43. The number of carbonyl (C=O) groups is 1. The number of phosphoric acid groups is 1. The maximum Gasteiger partial charge on any atom is 0.472 e. The number of hydrogen-bond donors (Lipinski definition) is 4. The number of hydroxylamine groups is 1. The third-order valence-corrected chi connectivity index (χ3v) is 11.1. The molecule has 3 unspecified atom stereocenters. The normalized spacial score (nSPS) is 27.7. The molecular formula is C33H41N2O7PS. The number of hydrogen-bond acceptors (Lipinski definition) is 7. The van der Waals surface area contributed by atoms with Gasteiger partial charge in [0.1, 0.15) is 5.75 Å². The minimum absolute atomic E-state index is 0.0499. The molecule has 3 heterocycles. The molecule has 236 valence electrons. The van der Waals surface area contributed by atoms with Gasteiger partial charge in [0, 0.05) is 10.9 Å². The highest BCUT2D eigenvalue weighted by molar-refractivity contribution is 7.97. The lowest BCUT2D eigenvalue weighted by Crippen LogP contribution is -2.62. The summed E-state index contributed by atoms with van der Waals surface area (Å²) in [5, 5.41) is 0. The lowest BCUT2D eigenvalue weighted by atomic mass is 9.62. The molecule has 0 spiro atoms. The molecule has 7 rings (SSSR count). The van der Waals surface area contributed by atoms with E-state index < -0.39 is 24.9 Å². The van der Waals surface area contributed by atoms with Gasteiger partial charge in [0.2, 0.25) is 11.7 Å². The van der Waals surface area contributed by atoms with Crippen molar-refractivity contribution in [3.63, 3.8) is 0 Å². The molecule has 0 aromatic heterocycles. The van der Waals surface area contributed by atoms with Gasteiger partial charge in [0.25, 0.3) is 0 Å². The highest BCUT2D eigenvalue weighted by atomic mass is 32.2. The van der Waals surface area contributed by atoms with Crippen LogP contribution in [0.4, 0.5) is 0 Å². The van der Waals surface area contributed by atoms with Crippen molar-refractivity contribution in [3.8, 4) is 5.75 Å². The summed E-state index contributed by atoms with van der Waals surface area (Å²) in [5.41, 5.74) is 4.82. The summed E-state index contributed by atoms with van der Waals surface area (Å²) in [7, 11) is -3.55. The predicted molar refractivity (Wildman–Crippen MR) is 169 cm³/mol. The van der Waals surface area contributed by atoms with Crippen LogP contribution in [-0.2, 0) is 25.1 Å². The number of benzene rings is 2. The Bertz CT molecular complexity index is 1440. The molecule has 2 aromatic carbocycles. The van der Waals surface area contributed by atoms with Crippen LogP contribution in [0.3, 0.4) is 0 Å². The smallest absolute Gasteiger partial charge is 0.472 e. The molecule has 0 saturated heterocycles. The molecule has 5 aliphatic rings. The first-order valence-electron chi connectivity index (χ1n) is 15.5. The van der Waals surface area contributed by atoms with Gasteiger partial charge in [-0.05, 0) is 83.7 Å². The minimum atomic E-state index is -5.14. The zero-order valence-corrected chi connectivity index (χ0v) is 26.7. The van der Waals surface area contributed by atoms with E-state index in [1.165, 1.54) is 49.6 Å². The first-order chi connectivity index (χ1) is 21.2. The molecule has 11 heteroatoms. The summed E-state index contributed by atoms with van der Waals surface area (Å²) in [6, 6.07) is 15.3. The number of ether oxygens (including phenoxy) is 1. The second-order valence-electron chi connectivity index (χ2n) is 12.4. The fourth-order valence-electron chi connectivity index (χ4n) is 7.45. The number of nitrogens with one attached hydrogen (secondary N) is 2. The number of fused-ring (bicyclic) bond motifs is 5. The molecule has 3 aliphatic heterocycles. The molecule has 2 bridgehead atoms. The van der Waals surface area contributed by atoms with Crippen molar-refractivity contribution in [2.24, 2.45) is 11.3 Å². The fourth-order valence-corrected chi connectivity index (χ4v) is 9.11. The largest absolute Gasteiger partial charge is 0.497 e. The van der Waals surface area contributed by atoms with Gasteiger partial charge in [-0.2, -0.15) is 0 Å². The van der Waals surface area contributed by atoms with Crippen molar-refractivity contribution in [2.45, 2.75) is 87.4 Å². The number of aryl methyl sites for hydroxylation is 1. The summed E-state index contributed by atoms with van der Waals surface area (Å²) in [6.45, 7) is 0.